The third-order valence-corrected chi connectivity index (χ3v) is 3.24. The molecule has 1 aliphatic rings. The molecule has 0 fully saturated rings. The number of aliphatic hydroxyl groups is 1. The summed E-state index contributed by atoms with van der Waals surface area (Å²) in [6.45, 7) is 1.00. The van der Waals surface area contributed by atoms with E-state index in [9.17, 15) is 5.11 Å². The fraction of sp³-hybridized carbons (Fsp3) is 0.545. The molecule has 2 aromatic rings. The van der Waals surface area contributed by atoms with Crippen LogP contribution in [0.3, 0.4) is 0 Å². The lowest BCUT2D eigenvalue weighted by Gasteiger charge is -2.22. The van der Waals surface area contributed by atoms with E-state index in [0.29, 0.717) is 5.92 Å². The lowest BCUT2D eigenvalue weighted by atomic mass is 10.0. The normalized spacial score (nSPS) is 19.3. The van der Waals surface area contributed by atoms with Gasteiger partial charge >= 0.3 is 0 Å². The van der Waals surface area contributed by atoms with Crippen molar-refractivity contribution in [1.29, 1.82) is 0 Å². The Morgan fingerprint density at radius 2 is 2.35 bits per heavy atom. The number of imidazole rings is 1. The van der Waals surface area contributed by atoms with Crippen molar-refractivity contribution < 1.29 is 5.11 Å². The van der Waals surface area contributed by atoms with Crippen molar-refractivity contribution in [3.8, 4) is 11.5 Å². The fourth-order valence-corrected chi connectivity index (χ4v) is 2.26. The molecule has 1 atom stereocenters. The second-order valence-electron chi connectivity index (χ2n) is 4.56. The first kappa shape index (κ1) is 10.5. The van der Waals surface area contributed by atoms with Crippen molar-refractivity contribution in [2.45, 2.75) is 19.4 Å². The van der Waals surface area contributed by atoms with Crippen LogP contribution in [-0.2, 0) is 20.0 Å². The molecule has 0 aliphatic carbocycles. The van der Waals surface area contributed by atoms with Gasteiger partial charge in [0.15, 0.2) is 5.82 Å². The third kappa shape index (κ3) is 1.74. The molecule has 1 aliphatic heterocycles. The van der Waals surface area contributed by atoms with Gasteiger partial charge in [0.25, 0.3) is 0 Å². The molecule has 0 spiro atoms. The quantitative estimate of drug-likeness (QED) is 0.806. The van der Waals surface area contributed by atoms with E-state index >= 15 is 0 Å². The van der Waals surface area contributed by atoms with Crippen molar-refractivity contribution >= 4 is 0 Å². The number of fused-ring (bicyclic) bond motifs is 1. The molecule has 1 unspecified atom stereocenters. The molecule has 1 N–H and O–H groups in total. The molecule has 0 aromatic carbocycles. The van der Waals surface area contributed by atoms with E-state index in [-0.39, 0.29) is 6.61 Å². The van der Waals surface area contributed by atoms with Crippen LogP contribution in [-0.4, -0.2) is 36.0 Å². The summed E-state index contributed by atoms with van der Waals surface area (Å²) in [6.07, 6.45) is 5.55. The number of hydrogen-bond donors (Lipinski definition) is 1. The summed E-state index contributed by atoms with van der Waals surface area (Å²) in [5, 5.41) is 17.6. The number of hydrogen-bond acceptors (Lipinski definition) is 4. The minimum Gasteiger partial charge on any atom is -0.396 e. The van der Waals surface area contributed by atoms with Crippen LogP contribution < -0.4 is 0 Å². The maximum absolute atomic E-state index is 9.25. The van der Waals surface area contributed by atoms with E-state index < -0.39 is 0 Å². The Kier molecular flexibility index (Phi) is 2.44. The highest BCUT2D eigenvalue weighted by Gasteiger charge is 2.23. The van der Waals surface area contributed by atoms with Crippen LogP contribution in [0.2, 0.25) is 0 Å². The van der Waals surface area contributed by atoms with E-state index in [4.69, 9.17) is 0 Å². The van der Waals surface area contributed by atoms with Crippen LogP contribution >= 0.6 is 0 Å². The maximum atomic E-state index is 9.25. The highest BCUT2D eigenvalue weighted by Crippen LogP contribution is 2.24. The molecular weight excluding hydrogens is 218 g/mol. The Labute approximate surface area is 98.9 Å². The van der Waals surface area contributed by atoms with Crippen molar-refractivity contribution in [3.63, 3.8) is 0 Å². The summed E-state index contributed by atoms with van der Waals surface area (Å²) in [5.74, 6) is 2.11. The summed E-state index contributed by atoms with van der Waals surface area (Å²) in [4.78, 5) is 4.29. The van der Waals surface area contributed by atoms with Gasteiger partial charge in [-0.25, -0.2) is 4.98 Å². The number of aliphatic hydroxyl groups excluding tert-OH is 1. The van der Waals surface area contributed by atoms with Crippen LogP contribution in [0.1, 0.15) is 12.2 Å². The summed E-state index contributed by atoms with van der Waals surface area (Å²) in [6, 6.07) is 0. The standard InChI is InChI=1S/C11H15N5O/c1-15-5-9(12-7-15)11-14-13-10-3-2-8(6-17)4-16(10)11/h5,7-8,17H,2-4,6H2,1H3. The average Bonchev–Trinajstić information content (AvgIpc) is 2.93. The van der Waals surface area contributed by atoms with E-state index in [1.165, 1.54) is 0 Å². The molecule has 2 aromatic heterocycles. The first-order valence-electron chi connectivity index (χ1n) is 5.79. The molecule has 3 rings (SSSR count). The minimum absolute atomic E-state index is 0.222. The van der Waals surface area contributed by atoms with Gasteiger partial charge < -0.3 is 14.2 Å². The molecule has 90 valence electrons. The van der Waals surface area contributed by atoms with Gasteiger partial charge in [-0.1, -0.05) is 0 Å². The molecule has 17 heavy (non-hydrogen) atoms. The second kappa shape index (κ2) is 3.96. The Balaban J connectivity index is 2.00. The number of rotatable bonds is 2. The maximum Gasteiger partial charge on any atom is 0.184 e. The van der Waals surface area contributed by atoms with Gasteiger partial charge in [0.2, 0.25) is 0 Å². The number of aryl methyl sites for hydroxylation is 2. The number of aromatic nitrogens is 5. The van der Waals surface area contributed by atoms with Gasteiger partial charge in [-0.05, 0) is 6.42 Å². The SMILES string of the molecule is Cn1cnc(-c2nnc3n2CC(CO)CC3)c1. The predicted octanol–water partition coefficient (Wildman–Crippen LogP) is 0.233. The summed E-state index contributed by atoms with van der Waals surface area (Å²) in [7, 11) is 1.93. The van der Waals surface area contributed by atoms with Gasteiger partial charge in [-0.2, -0.15) is 0 Å². The fourth-order valence-electron chi connectivity index (χ4n) is 2.26. The van der Waals surface area contributed by atoms with E-state index in [0.717, 1.165) is 36.7 Å². The molecule has 6 nitrogen and oxygen atoms in total. The van der Waals surface area contributed by atoms with Crippen molar-refractivity contribution in [3.05, 3.63) is 18.3 Å². The smallest absolute Gasteiger partial charge is 0.184 e. The van der Waals surface area contributed by atoms with Crippen LogP contribution in [0.4, 0.5) is 0 Å². The number of nitrogens with zero attached hydrogens (tertiary/aromatic N) is 5. The minimum atomic E-state index is 0.222. The summed E-state index contributed by atoms with van der Waals surface area (Å²) in [5.41, 5.74) is 0.838. The van der Waals surface area contributed by atoms with Gasteiger partial charge in [0.1, 0.15) is 11.5 Å². The first-order valence-corrected chi connectivity index (χ1v) is 5.79. The van der Waals surface area contributed by atoms with E-state index in [1.807, 2.05) is 17.8 Å². The molecule has 0 saturated carbocycles. The molecule has 0 bridgehead atoms. The largest absolute Gasteiger partial charge is 0.396 e. The summed E-state index contributed by atoms with van der Waals surface area (Å²) >= 11 is 0. The predicted molar refractivity (Wildman–Crippen MR) is 61.1 cm³/mol. The Morgan fingerprint density at radius 3 is 3.06 bits per heavy atom. The topological polar surface area (TPSA) is 68.8 Å². The monoisotopic (exact) mass is 233 g/mol. The lowest BCUT2D eigenvalue weighted by molar-refractivity contribution is 0.191. The van der Waals surface area contributed by atoms with Crippen LogP contribution in [0.15, 0.2) is 12.5 Å². The zero-order chi connectivity index (χ0) is 11.8. The molecule has 0 amide bonds. The lowest BCUT2D eigenvalue weighted by Crippen LogP contribution is -2.23. The van der Waals surface area contributed by atoms with Gasteiger partial charge in [0.05, 0.1) is 6.33 Å². The Bertz CT molecular complexity index is 530. The zero-order valence-corrected chi connectivity index (χ0v) is 9.74. The van der Waals surface area contributed by atoms with Crippen molar-refractivity contribution in [1.82, 2.24) is 24.3 Å². The zero-order valence-electron chi connectivity index (χ0n) is 9.74. The average molecular weight is 233 g/mol. The van der Waals surface area contributed by atoms with Crippen LogP contribution in [0.25, 0.3) is 11.5 Å². The highest BCUT2D eigenvalue weighted by atomic mass is 16.3. The van der Waals surface area contributed by atoms with Crippen LogP contribution in [0.5, 0.6) is 0 Å². The van der Waals surface area contributed by atoms with Crippen molar-refractivity contribution in [2.75, 3.05) is 6.61 Å². The van der Waals surface area contributed by atoms with Gasteiger partial charge in [0, 0.05) is 38.7 Å². The molecular formula is C11H15N5O. The third-order valence-electron chi connectivity index (χ3n) is 3.24. The van der Waals surface area contributed by atoms with Gasteiger partial charge in [-0.3, -0.25) is 0 Å². The summed E-state index contributed by atoms with van der Waals surface area (Å²) < 4.78 is 3.97. The highest BCUT2D eigenvalue weighted by molar-refractivity contribution is 5.48. The molecule has 3 heterocycles. The van der Waals surface area contributed by atoms with Gasteiger partial charge in [-0.15, -0.1) is 10.2 Å². The molecule has 6 heteroatoms. The van der Waals surface area contributed by atoms with Crippen LogP contribution in [0, 0.1) is 5.92 Å². The molecule has 0 radical (unpaired) electrons. The van der Waals surface area contributed by atoms with E-state index in [2.05, 4.69) is 19.7 Å². The van der Waals surface area contributed by atoms with E-state index in [1.54, 1.807) is 6.33 Å². The molecule has 0 saturated heterocycles. The first-order chi connectivity index (χ1) is 8.28. The van der Waals surface area contributed by atoms with Crippen molar-refractivity contribution in [2.24, 2.45) is 13.0 Å². The Morgan fingerprint density at radius 1 is 1.47 bits per heavy atom. The second-order valence-corrected chi connectivity index (χ2v) is 4.56. The Hall–Kier alpha value is -1.69.